The van der Waals surface area contributed by atoms with Crippen LogP contribution in [0.3, 0.4) is 0 Å². The highest BCUT2D eigenvalue weighted by Crippen LogP contribution is 2.19. The van der Waals surface area contributed by atoms with Crippen LogP contribution in [0.1, 0.15) is 32.0 Å². The van der Waals surface area contributed by atoms with Gasteiger partial charge >= 0.3 is 6.03 Å². The summed E-state index contributed by atoms with van der Waals surface area (Å²) in [5.41, 5.74) is 0.874. The van der Waals surface area contributed by atoms with Crippen LogP contribution in [0.5, 0.6) is 0 Å². The average Bonchev–Trinajstić information content (AvgIpc) is 3.12. The number of aromatic nitrogens is 2. The molecule has 0 spiro atoms. The quantitative estimate of drug-likeness (QED) is 0.546. The first-order chi connectivity index (χ1) is 15.1. The molecular weight excluding hydrogens is 432 g/mol. The van der Waals surface area contributed by atoms with Gasteiger partial charge < -0.3 is 24.3 Å². The Morgan fingerprint density at radius 2 is 1.78 bits per heavy atom. The number of amides is 2. The van der Waals surface area contributed by atoms with Gasteiger partial charge in [-0.05, 0) is 26.3 Å². The standard InChI is InChI=1S/C22H34N4O5S/c1-22(2,3)24-20(27)25(11-13-30-4)16-19-15-23-21(26(19)12-14-31-5)32(28,29)17-18-9-7-6-8-10-18/h6-10,15H,11-14,16-17H2,1-5H3,(H,24,27). The summed E-state index contributed by atoms with van der Waals surface area (Å²) in [5, 5.41) is 2.91. The van der Waals surface area contributed by atoms with Gasteiger partial charge in [0, 0.05) is 32.8 Å². The highest BCUT2D eigenvalue weighted by molar-refractivity contribution is 7.90. The molecule has 0 aliphatic heterocycles. The summed E-state index contributed by atoms with van der Waals surface area (Å²) in [6.07, 6.45) is 1.51. The lowest BCUT2D eigenvalue weighted by atomic mass is 10.1. The Morgan fingerprint density at radius 1 is 1.12 bits per heavy atom. The molecule has 2 amide bonds. The maximum absolute atomic E-state index is 13.1. The lowest BCUT2D eigenvalue weighted by molar-refractivity contribution is 0.140. The van der Waals surface area contributed by atoms with E-state index in [0.717, 1.165) is 0 Å². The number of nitrogens with one attached hydrogen (secondary N) is 1. The zero-order valence-corrected chi connectivity index (χ0v) is 20.3. The number of benzene rings is 1. The monoisotopic (exact) mass is 466 g/mol. The predicted molar refractivity (Wildman–Crippen MR) is 122 cm³/mol. The van der Waals surface area contributed by atoms with E-state index in [-0.39, 0.29) is 23.5 Å². The van der Waals surface area contributed by atoms with Crippen molar-refractivity contribution in [3.05, 3.63) is 47.8 Å². The molecule has 1 heterocycles. The molecule has 178 valence electrons. The maximum atomic E-state index is 13.1. The van der Waals surface area contributed by atoms with Crippen LogP contribution in [0.25, 0.3) is 0 Å². The van der Waals surface area contributed by atoms with Crippen LogP contribution in [0.15, 0.2) is 41.7 Å². The lowest BCUT2D eigenvalue weighted by Gasteiger charge is -2.28. The van der Waals surface area contributed by atoms with E-state index in [2.05, 4.69) is 10.3 Å². The van der Waals surface area contributed by atoms with Crippen molar-refractivity contribution in [2.45, 2.75) is 50.3 Å². The summed E-state index contributed by atoms with van der Waals surface area (Å²) >= 11 is 0. The third-order valence-electron chi connectivity index (χ3n) is 4.59. The van der Waals surface area contributed by atoms with Crippen molar-refractivity contribution < 1.29 is 22.7 Å². The van der Waals surface area contributed by atoms with Gasteiger partial charge in [0.25, 0.3) is 0 Å². The number of nitrogens with zero attached hydrogens (tertiary/aromatic N) is 3. The van der Waals surface area contributed by atoms with Gasteiger partial charge in [-0.3, -0.25) is 0 Å². The van der Waals surface area contributed by atoms with E-state index in [4.69, 9.17) is 9.47 Å². The van der Waals surface area contributed by atoms with Crippen molar-refractivity contribution >= 4 is 15.9 Å². The van der Waals surface area contributed by atoms with Gasteiger partial charge in [-0.15, -0.1) is 0 Å². The minimum Gasteiger partial charge on any atom is -0.383 e. The molecule has 32 heavy (non-hydrogen) atoms. The fourth-order valence-corrected chi connectivity index (χ4v) is 4.61. The fraction of sp³-hybridized carbons (Fsp3) is 0.545. The molecular formula is C22H34N4O5S. The van der Waals surface area contributed by atoms with Gasteiger partial charge in [0.2, 0.25) is 15.0 Å². The summed E-state index contributed by atoms with van der Waals surface area (Å²) < 4.78 is 38.2. The SMILES string of the molecule is COCCN(Cc1cnc(S(=O)(=O)Cc2ccccc2)n1CCOC)C(=O)NC(C)(C)C. The van der Waals surface area contributed by atoms with Gasteiger partial charge in [0.15, 0.2) is 0 Å². The summed E-state index contributed by atoms with van der Waals surface area (Å²) in [6, 6.07) is 8.71. The Hall–Kier alpha value is -2.43. The lowest BCUT2D eigenvalue weighted by Crippen LogP contribution is -2.49. The molecule has 0 aliphatic carbocycles. The highest BCUT2D eigenvalue weighted by Gasteiger charge is 2.26. The van der Waals surface area contributed by atoms with Crippen LogP contribution >= 0.6 is 0 Å². The Bertz CT molecular complexity index is 968. The molecule has 0 atom stereocenters. The number of hydrogen-bond donors (Lipinski definition) is 1. The summed E-state index contributed by atoms with van der Waals surface area (Å²) in [4.78, 5) is 18.6. The summed E-state index contributed by atoms with van der Waals surface area (Å²) in [7, 11) is -0.584. The minimum absolute atomic E-state index is 0.0312. The molecule has 0 aliphatic rings. The van der Waals surface area contributed by atoms with E-state index >= 15 is 0 Å². The fourth-order valence-electron chi connectivity index (χ4n) is 3.10. The normalized spacial score (nSPS) is 12.0. The summed E-state index contributed by atoms with van der Waals surface area (Å²) in [6.45, 7) is 7.19. The first kappa shape index (κ1) is 25.8. The second-order valence-electron chi connectivity index (χ2n) is 8.52. The van der Waals surface area contributed by atoms with Crippen LogP contribution in [0.4, 0.5) is 4.79 Å². The van der Waals surface area contributed by atoms with Crippen molar-refractivity contribution in [2.75, 3.05) is 34.0 Å². The molecule has 0 fully saturated rings. The molecule has 2 aromatic rings. The van der Waals surface area contributed by atoms with Crippen LogP contribution in [-0.4, -0.2) is 68.4 Å². The van der Waals surface area contributed by atoms with Gasteiger partial charge in [-0.2, -0.15) is 0 Å². The first-order valence-corrected chi connectivity index (χ1v) is 12.1. The molecule has 1 N–H and O–H groups in total. The van der Waals surface area contributed by atoms with Crippen molar-refractivity contribution in [3.8, 4) is 0 Å². The third kappa shape index (κ3) is 7.61. The first-order valence-electron chi connectivity index (χ1n) is 10.4. The number of rotatable bonds is 11. The molecule has 1 aromatic heterocycles. The molecule has 0 unspecified atom stereocenters. The molecule has 0 saturated heterocycles. The number of hydrogen-bond acceptors (Lipinski definition) is 6. The van der Waals surface area contributed by atoms with Crippen molar-refractivity contribution in [1.29, 1.82) is 0 Å². The van der Waals surface area contributed by atoms with Gasteiger partial charge in [0.05, 0.1) is 37.4 Å². The minimum atomic E-state index is -3.70. The molecule has 10 heteroatoms. The number of imidazole rings is 1. The largest absolute Gasteiger partial charge is 0.383 e. The van der Waals surface area contributed by atoms with Crippen LogP contribution in [0.2, 0.25) is 0 Å². The smallest absolute Gasteiger partial charge is 0.318 e. The van der Waals surface area contributed by atoms with Crippen LogP contribution in [0, 0.1) is 0 Å². The number of carbonyl (C=O) groups is 1. The van der Waals surface area contributed by atoms with Crippen LogP contribution < -0.4 is 5.32 Å². The molecule has 2 rings (SSSR count). The zero-order valence-electron chi connectivity index (χ0n) is 19.5. The average molecular weight is 467 g/mol. The number of carbonyl (C=O) groups excluding carboxylic acids is 1. The number of urea groups is 1. The molecule has 1 aromatic carbocycles. The van der Waals surface area contributed by atoms with E-state index in [1.54, 1.807) is 48.0 Å². The van der Waals surface area contributed by atoms with E-state index in [1.807, 2.05) is 26.8 Å². The highest BCUT2D eigenvalue weighted by atomic mass is 32.2. The maximum Gasteiger partial charge on any atom is 0.318 e. The van der Waals surface area contributed by atoms with Crippen molar-refractivity contribution in [1.82, 2.24) is 19.8 Å². The third-order valence-corrected chi connectivity index (χ3v) is 6.18. The van der Waals surface area contributed by atoms with Gasteiger partial charge in [-0.25, -0.2) is 18.2 Å². The van der Waals surface area contributed by atoms with Gasteiger partial charge in [0.1, 0.15) is 0 Å². The molecule has 9 nitrogen and oxygen atoms in total. The number of methoxy groups -OCH3 is 2. The second-order valence-corrected chi connectivity index (χ2v) is 10.4. The molecule has 0 bridgehead atoms. The Morgan fingerprint density at radius 3 is 2.38 bits per heavy atom. The molecule has 0 radical (unpaired) electrons. The van der Waals surface area contributed by atoms with E-state index in [0.29, 0.717) is 37.6 Å². The van der Waals surface area contributed by atoms with Crippen LogP contribution in [-0.2, 0) is 38.2 Å². The van der Waals surface area contributed by atoms with E-state index in [9.17, 15) is 13.2 Å². The van der Waals surface area contributed by atoms with Gasteiger partial charge in [-0.1, -0.05) is 30.3 Å². The van der Waals surface area contributed by atoms with Crippen molar-refractivity contribution in [2.24, 2.45) is 0 Å². The number of ether oxygens (including phenoxy) is 2. The summed E-state index contributed by atoms with van der Waals surface area (Å²) in [5.74, 6) is -0.158. The Kier molecular flexibility index (Phi) is 9.23. The number of sulfone groups is 1. The van der Waals surface area contributed by atoms with Crippen molar-refractivity contribution in [3.63, 3.8) is 0 Å². The van der Waals surface area contributed by atoms with E-state index in [1.165, 1.54) is 6.20 Å². The zero-order chi connectivity index (χ0) is 23.8. The predicted octanol–water partition coefficient (Wildman–Crippen LogP) is 2.46. The molecule has 0 saturated carbocycles. The topological polar surface area (TPSA) is 103 Å². The Labute approximate surface area is 190 Å². The second kappa shape index (κ2) is 11.4. The Balaban J connectivity index is 2.35. The van der Waals surface area contributed by atoms with E-state index < -0.39 is 15.4 Å².